The molecule has 0 radical (unpaired) electrons. The van der Waals surface area contributed by atoms with Crippen LogP contribution in [0.3, 0.4) is 0 Å². The van der Waals surface area contributed by atoms with E-state index in [2.05, 4.69) is 0 Å². The molecule has 0 fully saturated rings. The number of aryl methyl sites for hydroxylation is 2. The van der Waals surface area contributed by atoms with E-state index in [4.69, 9.17) is 0 Å². The summed E-state index contributed by atoms with van der Waals surface area (Å²) in [5, 5.41) is 9.71. The zero-order chi connectivity index (χ0) is 9.84. The van der Waals surface area contributed by atoms with Gasteiger partial charge in [-0.25, -0.2) is 0 Å². The second-order valence-electron chi connectivity index (χ2n) is 3.36. The number of allylic oxidation sites excluding steroid dienone is 2. The predicted molar refractivity (Wildman–Crippen MR) is 56.1 cm³/mol. The average Bonchev–Trinajstić information content (AvgIpc) is 2.09. The van der Waals surface area contributed by atoms with E-state index in [1.807, 2.05) is 45.1 Å². The van der Waals surface area contributed by atoms with Crippen LogP contribution < -0.4 is 0 Å². The summed E-state index contributed by atoms with van der Waals surface area (Å²) in [6, 6.07) is 4.02. The Labute approximate surface area is 79.7 Å². The van der Waals surface area contributed by atoms with Crippen molar-refractivity contribution in [1.82, 2.24) is 0 Å². The zero-order valence-electron chi connectivity index (χ0n) is 8.46. The average molecular weight is 176 g/mol. The van der Waals surface area contributed by atoms with Gasteiger partial charge in [0.25, 0.3) is 0 Å². The van der Waals surface area contributed by atoms with Crippen molar-refractivity contribution in [3.8, 4) is 5.75 Å². The first kappa shape index (κ1) is 9.85. The van der Waals surface area contributed by atoms with E-state index in [9.17, 15) is 5.11 Å². The van der Waals surface area contributed by atoms with Gasteiger partial charge in [0.1, 0.15) is 5.75 Å². The molecule has 0 aliphatic rings. The molecule has 0 saturated carbocycles. The standard InChI is InChI=1S/C12H16O/c1-4-5-6-11-8-9(2)7-10(3)12(11)13/h4-5,7-8,13H,6H2,1-3H3/b5-4+. The van der Waals surface area contributed by atoms with Crippen molar-refractivity contribution < 1.29 is 5.11 Å². The van der Waals surface area contributed by atoms with Crippen LogP contribution in [0.15, 0.2) is 24.3 Å². The van der Waals surface area contributed by atoms with E-state index < -0.39 is 0 Å². The SMILES string of the molecule is C/C=C/Cc1cc(C)cc(C)c1O. The molecular formula is C12H16O. The van der Waals surface area contributed by atoms with Crippen LogP contribution in [-0.2, 0) is 6.42 Å². The lowest BCUT2D eigenvalue weighted by Gasteiger charge is -2.06. The molecule has 0 saturated heterocycles. The molecule has 0 aliphatic heterocycles. The molecule has 1 heteroatoms. The molecular weight excluding hydrogens is 160 g/mol. The molecule has 0 heterocycles. The summed E-state index contributed by atoms with van der Waals surface area (Å²) < 4.78 is 0. The molecule has 0 spiro atoms. The van der Waals surface area contributed by atoms with Gasteiger partial charge >= 0.3 is 0 Å². The molecule has 0 unspecified atom stereocenters. The minimum Gasteiger partial charge on any atom is -0.507 e. The number of phenols is 1. The Kier molecular flexibility index (Phi) is 3.13. The third kappa shape index (κ3) is 2.35. The minimum absolute atomic E-state index is 0.434. The summed E-state index contributed by atoms with van der Waals surface area (Å²) in [6.07, 6.45) is 4.86. The quantitative estimate of drug-likeness (QED) is 0.686. The Bertz CT molecular complexity index is 324. The van der Waals surface area contributed by atoms with Crippen molar-refractivity contribution >= 4 is 0 Å². The van der Waals surface area contributed by atoms with Crippen LogP contribution >= 0.6 is 0 Å². The number of benzene rings is 1. The van der Waals surface area contributed by atoms with Gasteiger partial charge in [-0.15, -0.1) is 0 Å². The maximum Gasteiger partial charge on any atom is 0.122 e. The van der Waals surface area contributed by atoms with Crippen molar-refractivity contribution in [3.63, 3.8) is 0 Å². The Morgan fingerprint density at radius 2 is 2.00 bits per heavy atom. The molecule has 0 amide bonds. The van der Waals surface area contributed by atoms with Gasteiger partial charge in [0.15, 0.2) is 0 Å². The van der Waals surface area contributed by atoms with Crippen molar-refractivity contribution in [2.45, 2.75) is 27.2 Å². The highest BCUT2D eigenvalue weighted by Gasteiger charge is 2.03. The first-order valence-electron chi connectivity index (χ1n) is 4.55. The highest BCUT2D eigenvalue weighted by molar-refractivity contribution is 5.43. The lowest BCUT2D eigenvalue weighted by molar-refractivity contribution is 0.465. The molecule has 1 aromatic carbocycles. The van der Waals surface area contributed by atoms with Crippen molar-refractivity contribution in [2.24, 2.45) is 0 Å². The fourth-order valence-electron chi connectivity index (χ4n) is 1.45. The maximum absolute atomic E-state index is 9.71. The summed E-state index contributed by atoms with van der Waals surface area (Å²) >= 11 is 0. The van der Waals surface area contributed by atoms with Gasteiger partial charge in [-0.1, -0.05) is 29.8 Å². The number of hydrogen-bond acceptors (Lipinski definition) is 1. The van der Waals surface area contributed by atoms with E-state index >= 15 is 0 Å². The second-order valence-corrected chi connectivity index (χ2v) is 3.36. The molecule has 13 heavy (non-hydrogen) atoms. The fourth-order valence-corrected chi connectivity index (χ4v) is 1.45. The highest BCUT2D eigenvalue weighted by atomic mass is 16.3. The molecule has 0 bridgehead atoms. The summed E-state index contributed by atoms with van der Waals surface area (Å²) in [5.41, 5.74) is 3.17. The van der Waals surface area contributed by atoms with Crippen molar-refractivity contribution in [1.29, 1.82) is 0 Å². The fraction of sp³-hybridized carbons (Fsp3) is 0.333. The minimum atomic E-state index is 0.434. The van der Waals surface area contributed by atoms with Crippen LogP contribution in [-0.4, -0.2) is 5.11 Å². The van der Waals surface area contributed by atoms with Crippen LogP contribution in [0.2, 0.25) is 0 Å². The summed E-state index contributed by atoms with van der Waals surface area (Å²) in [7, 11) is 0. The molecule has 70 valence electrons. The molecule has 0 aromatic heterocycles. The molecule has 1 nitrogen and oxygen atoms in total. The first-order chi connectivity index (χ1) is 6.15. The highest BCUT2D eigenvalue weighted by Crippen LogP contribution is 2.24. The van der Waals surface area contributed by atoms with Crippen molar-refractivity contribution in [3.05, 3.63) is 41.0 Å². The van der Waals surface area contributed by atoms with Gasteiger partial charge in [-0.3, -0.25) is 0 Å². The Morgan fingerprint density at radius 3 is 2.62 bits per heavy atom. The van der Waals surface area contributed by atoms with Crippen LogP contribution in [0.5, 0.6) is 5.75 Å². The Hall–Kier alpha value is -1.24. The number of hydrogen-bond donors (Lipinski definition) is 1. The summed E-state index contributed by atoms with van der Waals surface area (Å²) in [6.45, 7) is 5.97. The van der Waals surface area contributed by atoms with Crippen LogP contribution in [0.25, 0.3) is 0 Å². The molecule has 1 aromatic rings. The summed E-state index contributed by atoms with van der Waals surface area (Å²) in [5.74, 6) is 0.434. The van der Waals surface area contributed by atoms with Gasteiger partial charge in [0.05, 0.1) is 0 Å². The number of phenolic OH excluding ortho intramolecular Hbond substituents is 1. The van der Waals surface area contributed by atoms with Crippen LogP contribution in [0.1, 0.15) is 23.6 Å². The number of rotatable bonds is 2. The third-order valence-electron chi connectivity index (χ3n) is 2.10. The molecule has 0 atom stereocenters. The third-order valence-corrected chi connectivity index (χ3v) is 2.10. The largest absolute Gasteiger partial charge is 0.507 e. The molecule has 0 aliphatic carbocycles. The first-order valence-corrected chi connectivity index (χ1v) is 4.55. The topological polar surface area (TPSA) is 20.2 Å². The predicted octanol–water partition coefficient (Wildman–Crippen LogP) is 3.13. The molecule has 1 rings (SSSR count). The Balaban J connectivity index is 3.05. The zero-order valence-corrected chi connectivity index (χ0v) is 8.46. The normalized spacial score (nSPS) is 11.0. The monoisotopic (exact) mass is 176 g/mol. The van der Waals surface area contributed by atoms with Crippen LogP contribution in [0, 0.1) is 13.8 Å². The van der Waals surface area contributed by atoms with E-state index in [0.717, 1.165) is 17.5 Å². The molecule has 1 N–H and O–H groups in total. The van der Waals surface area contributed by atoms with Gasteiger partial charge in [-0.2, -0.15) is 0 Å². The van der Waals surface area contributed by atoms with Gasteiger partial charge in [0.2, 0.25) is 0 Å². The van der Waals surface area contributed by atoms with Gasteiger partial charge in [0, 0.05) is 0 Å². The second kappa shape index (κ2) is 4.13. The van der Waals surface area contributed by atoms with Crippen molar-refractivity contribution in [2.75, 3.05) is 0 Å². The van der Waals surface area contributed by atoms with E-state index in [1.54, 1.807) is 0 Å². The maximum atomic E-state index is 9.71. The van der Waals surface area contributed by atoms with E-state index in [0.29, 0.717) is 5.75 Å². The van der Waals surface area contributed by atoms with Gasteiger partial charge < -0.3 is 5.11 Å². The smallest absolute Gasteiger partial charge is 0.122 e. The lowest BCUT2D eigenvalue weighted by Crippen LogP contribution is -1.87. The number of aromatic hydroxyl groups is 1. The van der Waals surface area contributed by atoms with Crippen LogP contribution in [0.4, 0.5) is 0 Å². The van der Waals surface area contributed by atoms with E-state index in [1.165, 1.54) is 5.56 Å². The van der Waals surface area contributed by atoms with Gasteiger partial charge in [-0.05, 0) is 38.3 Å². The Morgan fingerprint density at radius 1 is 1.31 bits per heavy atom. The summed E-state index contributed by atoms with van der Waals surface area (Å²) in [4.78, 5) is 0. The van der Waals surface area contributed by atoms with E-state index in [-0.39, 0.29) is 0 Å². The lowest BCUT2D eigenvalue weighted by atomic mass is 10.0.